The highest BCUT2D eigenvalue weighted by Crippen LogP contribution is 2.29. The Morgan fingerprint density at radius 3 is 2.62 bits per heavy atom. The highest BCUT2D eigenvalue weighted by atomic mass is 15.3. The fraction of sp³-hybridized carbons (Fsp3) is 0.438. The number of nitrogens with zero attached hydrogens (tertiary/aromatic N) is 5. The molecule has 5 nitrogen and oxygen atoms in total. The summed E-state index contributed by atoms with van der Waals surface area (Å²) in [5, 5.41) is 18.7. The zero-order chi connectivity index (χ0) is 14.8. The van der Waals surface area contributed by atoms with Crippen molar-refractivity contribution >= 4 is 16.6 Å². The molecule has 0 atom stereocenters. The summed E-state index contributed by atoms with van der Waals surface area (Å²) in [5.74, 6) is 0. The predicted octanol–water partition coefficient (Wildman–Crippen LogP) is 1.95. The lowest BCUT2D eigenvalue weighted by atomic mass is 10.1. The van der Waals surface area contributed by atoms with Crippen molar-refractivity contribution in [2.24, 2.45) is 0 Å². The van der Waals surface area contributed by atoms with E-state index in [1.807, 2.05) is 12.1 Å². The van der Waals surface area contributed by atoms with Crippen LogP contribution in [0.25, 0.3) is 10.9 Å². The van der Waals surface area contributed by atoms with E-state index in [1.54, 1.807) is 0 Å². The number of hydrogen-bond acceptors (Lipinski definition) is 5. The molecule has 1 aliphatic rings. The van der Waals surface area contributed by atoms with E-state index in [1.165, 1.54) is 5.56 Å². The minimum atomic E-state index is 0.429. The van der Waals surface area contributed by atoms with Gasteiger partial charge in [-0.3, -0.25) is 0 Å². The number of aryl methyl sites for hydroxylation is 1. The molecule has 0 amide bonds. The van der Waals surface area contributed by atoms with Crippen molar-refractivity contribution in [2.45, 2.75) is 13.8 Å². The summed E-state index contributed by atoms with van der Waals surface area (Å²) in [4.78, 5) is 4.70. The van der Waals surface area contributed by atoms with Gasteiger partial charge in [-0.1, -0.05) is 18.6 Å². The molecule has 1 aromatic carbocycles. The van der Waals surface area contributed by atoms with E-state index >= 15 is 0 Å². The second-order valence-corrected chi connectivity index (χ2v) is 5.45. The van der Waals surface area contributed by atoms with Gasteiger partial charge in [0, 0.05) is 31.6 Å². The summed E-state index contributed by atoms with van der Waals surface area (Å²) in [7, 11) is 0. The molecule has 1 aliphatic heterocycles. The Morgan fingerprint density at radius 1 is 1.19 bits per heavy atom. The summed E-state index contributed by atoms with van der Waals surface area (Å²) in [6.07, 6.45) is 0. The van der Waals surface area contributed by atoms with E-state index in [0.717, 1.165) is 49.3 Å². The van der Waals surface area contributed by atoms with Crippen LogP contribution in [0.1, 0.15) is 18.2 Å². The second kappa shape index (κ2) is 5.66. The number of piperazine rings is 1. The first-order valence-electron chi connectivity index (χ1n) is 7.37. The summed E-state index contributed by atoms with van der Waals surface area (Å²) in [6, 6.07) is 8.31. The molecule has 108 valence electrons. The fourth-order valence-corrected chi connectivity index (χ4v) is 2.89. The van der Waals surface area contributed by atoms with Crippen LogP contribution in [0.3, 0.4) is 0 Å². The molecule has 0 saturated carbocycles. The van der Waals surface area contributed by atoms with Crippen LogP contribution < -0.4 is 4.90 Å². The van der Waals surface area contributed by atoms with E-state index in [9.17, 15) is 5.26 Å². The molecular weight excluding hydrogens is 262 g/mol. The SMILES string of the molecule is CCN1CCN(c2c(C#N)nnc3ccc(C)cc23)CC1. The van der Waals surface area contributed by atoms with E-state index in [2.05, 4.69) is 46.0 Å². The van der Waals surface area contributed by atoms with Crippen LogP contribution in [-0.4, -0.2) is 47.8 Å². The van der Waals surface area contributed by atoms with Crippen molar-refractivity contribution in [2.75, 3.05) is 37.6 Å². The number of rotatable bonds is 2. The van der Waals surface area contributed by atoms with Crippen LogP contribution in [0.5, 0.6) is 0 Å². The molecule has 1 fully saturated rings. The Balaban J connectivity index is 2.07. The van der Waals surface area contributed by atoms with Gasteiger partial charge < -0.3 is 9.80 Å². The zero-order valence-corrected chi connectivity index (χ0v) is 12.5. The van der Waals surface area contributed by atoms with E-state index in [-0.39, 0.29) is 0 Å². The van der Waals surface area contributed by atoms with Gasteiger partial charge in [-0.05, 0) is 25.6 Å². The number of likely N-dealkylation sites (N-methyl/N-ethyl adjacent to an activating group) is 1. The van der Waals surface area contributed by atoms with Gasteiger partial charge in [0.1, 0.15) is 6.07 Å². The smallest absolute Gasteiger partial charge is 0.187 e. The van der Waals surface area contributed by atoms with Crippen LogP contribution in [0.2, 0.25) is 0 Å². The molecule has 1 aromatic heterocycles. The number of fused-ring (bicyclic) bond motifs is 1. The molecule has 1 saturated heterocycles. The van der Waals surface area contributed by atoms with Gasteiger partial charge in [0.25, 0.3) is 0 Å². The van der Waals surface area contributed by atoms with E-state index in [4.69, 9.17) is 0 Å². The van der Waals surface area contributed by atoms with Gasteiger partial charge >= 0.3 is 0 Å². The van der Waals surface area contributed by atoms with Gasteiger partial charge in [-0.25, -0.2) is 0 Å². The largest absolute Gasteiger partial charge is 0.366 e. The van der Waals surface area contributed by atoms with Gasteiger partial charge in [0.05, 0.1) is 11.2 Å². The Bertz CT molecular complexity index is 696. The normalized spacial score (nSPS) is 16.1. The molecule has 0 spiro atoms. The van der Waals surface area contributed by atoms with Crippen LogP contribution in [0.15, 0.2) is 18.2 Å². The molecule has 0 N–H and O–H groups in total. The number of hydrogen-bond donors (Lipinski definition) is 0. The Labute approximate surface area is 124 Å². The minimum Gasteiger partial charge on any atom is -0.366 e. The molecule has 21 heavy (non-hydrogen) atoms. The summed E-state index contributed by atoms with van der Waals surface area (Å²) in [5.41, 5.74) is 3.40. The maximum atomic E-state index is 9.39. The van der Waals surface area contributed by atoms with Crippen molar-refractivity contribution in [1.82, 2.24) is 15.1 Å². The van der Waals surface area contributed by atoms with Gasteiger partial charge in [-0.2, -0.15) is 5.26 Å². The van der Waals surface area contributed by atoms with Crippen LogP contribution >= 0.6 is 0 Å². The molecule has 2 heterocycles. The zero-order valence-electron chi connectivity index (χ0n) is 12.5. The van der Waals surface area contributed by atoms with Gasteiger partial charge in [-0.15, -0.1) is 10.2 Å². The number of aromatic nitrogens is 2. The van der Waals surface area contributed by atoms with Gasteiger partial charge in [0.2, 0.25) is 0 Å². The Morgan fingerprint density at radius 2 is 1.95 bits per heavy atom. The van der Waals surface area contributed by atoms with Crippen LogP contribution in [0, 0.1) is 18.3 Å². The van der Waals surface area contributed by atoms with E-state index < -0.39 is 0 Å². The topological polar surface area (TPSA) is 56.0 Å². The standard InChI is InChI=1S/C16H19N5/c1-3-20-6-8-21(9-7-20)16-13-10-12(2)4-5-14(13)18-19-15(16)11-17/h4-5,10H,3,6-9H2,1-2H3. The molecule has 0 bridgehead atoms. The third kappa shape index (κ3) is 2.55. The van der Waals surface area contributed by atoms with Crippen molar-refractivity contribution in [3.05, 3.63) is 29.5 Å². The van der Waals surface area contributed by atoms with Crippen molar-refractivity contribution < 1.29 is 0 Å². The molecule has 2 aromatic rings. The quantitative estimate of drug-likeness (QED) is 0.842. The van der Waals surface area contributed by atoms with Crippen molar-refractivity contribution in [3.8, 4) is 6.07 Å². The first-order chi connectivity index (χ1) is 10.2. The lowest BCUT2D eigenvalue weighted by molar-refractivity contribution is 0.271. The van der Waals surface area contributed by atoms with E-state index in [0.29, 0.717) is 5.69 Å². The summed E-state index contributed by atoms with van der Waals surface area (Å²) < 4.78 is 0. The highest BCUT2D eigenvalue weighted by molar-refractivity contribution is 5.93. The third-order valence-electron chi connectivity index (χ3n) is 4.13. The number of nitriles is 1. The van der Waals surface area contributed by atoms with Gasteiger partial charge in [0.15, 0.2) is 5.69 Å². The average molecular weight is 281 g/mol. The summed E-state index contributed by atoms with van der Waals surface area (Å²) in [6.45, 7) is 9.23. The third-order valence-corrected chi connectivity index (χ3v) is 4.13. The maximum Gasteiger partial charge on any atom is 0.187 e. The van der Waals surface area contributed by atoms with Crippen LogP contribution in [0.4, 0.5) is 5.69 Å². The number of anilines is 1. The predicted molar refractivity (Wildman–Crippen MR) is 83.3 cm³/mol. The van der Waals surface area contributed by atoms with Crippen LogP contribution in [-0.2, 0) is 0 Å². The lowest BCUT2D eigenvalue weighted by Gasteiger charge is -2.36. The minimum absolute atomic E-state index is 0.429. The molecule has 5 heteroatoms. The Hall–Kier alpha value is -2.19. The molecular formula is C16H19N5. The first kappa shape index (κ1) is 13.8. The number of benzene rings is 1. The molecule has 0 unspecified atom stereocenters. The summed E-state index contributed by atoms with van der Waals surface area (Å²) >= 11 is 0. The van der Waals surface area contributed by atoms with Crippen molar-refractivity contribution in [1.29, 1.82) is 5.26 Å². The second-order valence-electron chi connectivity index (χ2n) is 5.45. The molecule has 0 aliphatic carbocycles. The monoisotopic (exact) mass is 281 g/mol. The fourth-order valence-electron chi connectivity index (χ4n) is 2.89. The average Bonchev–Trinajstić information content (AvgIpc) is 2.53. The lowest BCUT2D eigenvalue weighted by Crippen LogP contribution is -2.46. The molecule has 0 radical (unpaired) electrons. The highest BCUT2D eigenvalue weighted by Gasteiger charge is 2.21. The maximum absolute atomic E-state index is 9.39. The van der Waals surface area contributed by atoms with Crippen molar-refractivity contribution in [3.63, 3.8) is 0 Å². The molecule has 3 rings (SSSR count). The first-order valence-corrected chi connectivity index (χ1v) is 7.37. The Kier molecular flexibility index (Phi) is 3.72.